The first-order valence-electron chi connectivity index (χ1n) is 4.29. The van der Waals surface area contributed by atoms with Crippen LogP contribution >= 0.6 is 0 Å². The van der Waals surface area contributed by atoms with Gasteiger partial charge >= 0.3 is 0 Å². The Bertz CT molecular complexity index is 309. The molecule has 1 nitrogen and oxygen atoms in total. The van der Waals surface area contributed by atoms with Crippen molar-refractivity contribution in [2.45, 2.75) is 12.8 Å². The number of fused-ring (bicyclic) bond motifs is 1. The highest BCUT2D eigenvalue weighted by Crippen LogP contribution is 2.33. The number of hydrogen-bond acceptors (Lipinski definition) is 1. The van der Waals surface area contributed by atoms with Gasteiger partial charge in [-0.05, 0) is 11.6 Å². The van der Waals surface area contributed by atoms with E-state index in [2.05, 4.69) is 31.0 Å². The van der Waals surface area contributed by atoms with Crippen LogP contribution in [0.4, 0.5) is 5.69 Å². The molecule has 2 radical (unpaired) electrons. The van der Waals surface area contributed by atoms with Gasteiger partial charge < -0.3 is 4.90 Å². The molecule has 12 heavy (non-hydrogen) atoms. The van der Waals surface area contributed by atoms with Gasteiger partial charge in [0.1, 0.15) is 7.85 Å². The van der Waals surface area contributed by atoms with Crippen molar-refractivity contribution < 1.29 is 0 Å². The molecule has 0 aromatic heterocycles. The maximum absolute atomic E-state index is 5.72. The van der Waals surface area contributed by atoms with Gasteiger partial charge in [-0.25, -0.2) is 0 Å². The summed E-state index contributed by atoms with van der Waals surface area (Å²) in [6.45, 7) is 3.35. The third-order valence-corrected chi connectivity index (χ3v) is 2.54. The third-order valence-electron chi connectivity index (χ3n) is 2.54. The van der Waals surface area contributed by atoms with Crippen molar-refractivity contribution in [2.75, 3.05) is 18.5 Å². The van der Waals surface area contributed by atoms with Gasteiger partial charge in [-0.15, -0.1) is 0 Å². The highest BCUT2D eigenvalue weighted by molar-refractivity contribution is 6.32. The summed E-state index contributed by atoms with van der Waals surface area (Å²) in [6.07, 6.45) is 0. The first-order chi connectivity index (χ1) is 5.68. The Morgan fingerprint density at radius 1 is 1.50 bits per heavy atom. The zero-order valence-electron chi connectivity index (χ0n) is 7.54. The largest absolute Gasteiger partial charge is 0.374 e. The predicted molar refractivity (Wildman–Crippen MR) is 53.5 cm³/mol. The molecule has 0 saturated carbocycles. The highest BCUT2D eigenvalue weighted by atomic mass is 15.1. The van der Waals surface area contributed by atoms with Gasteiger partial charge in [0.05, 0.1) is 0 Å². The molecule has 1 heterocycles. The summed E-state index contributed by atoms with van der Waals surface area (Å²) in [6, 6.07) is 6.16. The van der Waals surface area contributed by atoms with Gasteiger partial charge in [0.15, 0.2) is 0 Å². The molecule has 60 valence electrons. The summed E-state index contributed by atoms with van der Waals surface area (Å²) in [5, 5.41) is 0. The molecule has 2 rings (SSSR count). The Kier molecular flexibility index (Phi) is 1.64. The lowest BCUT2D eigenvalue weighted by atomic mass is 9.91. The molecule has 1 unspecified atom stereocenters. The summed E-state index contributed by atoms with van der Waals surface area (Å²) in [7, 11) is 7.84. The van der Waals surface area contributed by atoms with Crippen molar-refractivity contribution in [3.8, 4) is 0 Å². The number of likely N-dealkylation sites (N-methyl/N-ethyl adjacent to an activating group) is 1. The van der Waals surface area contributed by atoms with E-state index >= 15 is 0 Å². The first-order valence-corrected chi connectivity index (χ1v) is 4.29. The van der Waals surface area contributed by atoms with Crippen LogP contribution in [-0.2, 0) is 0 Å². The monoisotopic (exact) mass is 157 g/mol. The average molecular weight is 157 g/mol. The molecule has 1 atom stereocenters. The summed E-state index contributed by atoms with van der Waals surface area (Å²) >= 11 is 0. The van der Waals surface area contributed by atoms with Crippen LogP contribution in [0, 0.1) is 0 Å². The molecule has 0 amide bonds. The topological polar surface area (TPSA) is 3.24 Å². The summed E-state index contributed by atoms with van der Waals surface area (Å²) in [5.74, 6) is 0.619. The summed E-state index contributed by atoms with van der Waals surface area (Å²) in [4.78, 5) is 2.28. The van der Waals surface area contributed by atoms with Crippen molar-refractivity contribution in [2.24, 2.45) is 0 Å². The lowest BCUT2D eigenvalue weighted by Crippen LogP contribution is -2.13. The molecule has 2 heteroatoms. The standard InChI is InChI=1S/C10H12BN/c1-7-6-12(2)10-4-3-8(11)5-9(7)10/h3-5,7H,6H2,1-2H3. The number of nitrogens with zero attached hydrogens (tertiary/aromatic N) is 1. The van der Waals surface area contributed by atoms with E-state index in [1.807, 2.05) is 6.07 Å². The van der Waals surface area contributed by atoms with Crippen molar-refractivity contribution in [1.29, 1.82) is 0 Å². The molecule has 0 saturated heterocycles. The maximum atomic E-state index is 5.72. The van der Waals surface area contributed by atoms with Crippen molar-refractivity contribution in [1.82, 2.24) is 0 Å². The average Bonchev–Trinajstić information content (AvgIpc) is 2.28. The van der Waals surface area contributed by atoms with Crippen LogP contribution in [0.1, 0.15) is 18.4 Å². The van der Waals surface area contributed by atoms with Crippen LogP contribution in [0.3, 0.4) is 0 Å². The maximum Gasteiger partial charge on any atom is 0.113 e. The Morgan fingerprint density at radius 3 is 3.00 bits per heavy atom. The lowest BCUT2D eigenvalue weighted by molar-refractivity contribution is 0.797. The fourth-order valence-corrected chi connectivity index (χ4v) is 1.92. The summed E-state index contributed by atoms with van der Waals surface area (Å²) < 4.78 is 0. The molecule has 1 aromatic carbocycles. The van der Waals surface area contributed by atoms with E-state index in [1.54, 1.807) is 0 Å². The zero-order chi connectivity index (χ0) is 8.72. The second kappa shape index (κ2) is 2.54. The molecule has 0 N–H and O–H groups in total. The SMILES string of the molecule is [B]c1ccc2c(c1)C(C)CN2C. The smallest absolute Gasteiger partial charge is 0.113 e. The van der Waals surface area contributed by atoms with Gasteiger partial charge in [0, 0.05) is 25.2 Å². The van der Waals surface area contributed by atoms with Crippen molar-refractivity contribution in [3.63, 3.8) is 0 Å². The summed E-state index contributed by atoms with van der Waals surface area (Å²) in [5.41, 5.74) is 3.59. The van der Waals surface area contributed by atoms with Gasteiger partial charge in [-0.3, -0.25) is 0 Å². The molecule has 0 spiro atoms. The second-order valence-corrected chi connectivity index (χ2v) is 3.60. The quantitative estimate of drug-likeness (QED) is 0.508. The lowest BCUT2D eigenvalue weighted by Gasteiger charge is -2.11. The molecule has 1 aromatic rings. The Morgan fingerprint density at radius 2 is 2.25 bits per heavy atom. The van der Waals surface area contributed by atoms with Gasteiger partial charge in [-0.1, -0.05) is 24.5 Å². The molecule has 0 fully saturated rings. The van der Waals surface area contributed by atoms with Crippen LogP contribution in [0.15, 0.2) is 18.2 Å². The number of anilines is 1. The fourth-order valence-electron chi connectivity index (χ4n) is 1.92. The van der Waals surface area contributed by atoms with Crippen LogP contribution < -0.4 is 10.4 Å². The highest BCUT2D eigenvalue weighted by Gasteiger charge is 2.21. The van der Waals surface area contributed by atoms with Crippen LogP contribution in [0.25, 0.3) is 0 Å². The number of rotatable bonds is 0. The van der Waals surface area contributed by atoms with Crippen LogP contribution in [0.2, 0.25) is 0 Å². The zero-order valence-corrected chi connectivity index (χ0v) is 7.54. The van der Waals surface area contributed by atoms with E-state index in [0.717, 1.165) is 12.0 Å². The Balaban J connectivity index is 2.53. The minimum absolute atomic E-state index is 0.619. The predicted octanol–water partition coefficient (Wildman–Crippen LogP) is 1.03. The van der Waals surface area contributed by atoms with Gasteiger partial charge in [-0.2, -0.15) is 0 Å². The normalized spacial score (nSPS) is 21.2. The Labute approximate surface area is 74.8 Å². The molecular formula is C10H12BN. The minimum atomic E-state index is 0.619. The van der Waals surface area contributed by atoms with E-state index in [-0.39, 0.29) is 0 Å². The molecule has 0 bridgehead atoms. The number of benzene rings is 1. The third kappa shape index (κ3) is 1.02. The van der Waals surface area contributed by atoms with Gasteiger partial charge in [0.25, 0.3) is 0 Å². The second-order valence-electron chi connectivity index (χ2n) is 3.60. The van der Waals surface area contributed by atoms with E-state index in [4.69, 9.17) is 7.85 Å². The van der Waals surface area contributed by atoms with E-state index in [1.165, 1.54) is 11.3 Å². The van der Waals surface area contributed by atoms with Crippen molar-refractivity contribution in [3.05, 3.63) is 23.8 Å². The van der Waals surface area contributed by atoms with E-state index in [0.29, 0.717) is 5.92 Å². The van der Waals surface area contributed by atoms with E-state index in [9.17, 15) is 0 Å². The minimum Gasteiger partial charge on any atom is -0.374 e. The molecule has 1 aliphatic heterocycles. The number of hydrogen-bond donors (Lipinski definition) is 0. The van der Waals surface area contributed by atoms with Gasteiger partial charge in [0.2, 0.25) is 0 Å². The van der Waals surface area contributed by atoms with Crippen molar-refractivity contribution >= 4 is 19.0 Å². The Hall–Kier alpha value is -0.915. The fraction of sp³-hybridized carbons (Fsp3) is 0.400. The van der Waals surface area contributed by atoms with E-state index < -0.39 is 0 Å². The molecule has 1 aliphatic rings. The first kappa shape index (κ1) is 7.72. The van der Waals surface area contributed by atoms with Crippen LogP contribution in [0.5, 0.6) is 0 Å². The molecular weight excluding hydrogens is 145 g/mol. The van der Waals surface area contributed by atoms with Crippen LogP contribution in [-0.4, -0.2) is 21.4 Å². The molecule has 0 aliphatic carbocycles.